The minimum atomic E-state index is 0.110. The quantitative estimate of drug-likeness (QED) is 0.632. The van der Waals surface area contributed by atoms with E-state index in [0.29, 0.717) is 12.5 Å². The number of rotatable bonds is 5. The number of nitrogens with zero attached hydrogens (tertiary/aromatic N) is 3. The molecular formula is C14H23N5OS. The molecule has 0 aromatic carbocycles. The fraction of sp³-hybridized carbons (Fsp3) is 0.643. The van der Waals surface area contributed by atoms with Crippen LogP contribution in [0.4, 0.5) is 0 Å². The number of aliphatic imine (C=N–C) groups is 1. The van der Waals surface area contributed by atoms with Crippen LogP contribution < -0.4 is 10.6 Å². The van der Waals surface area contributed by atoms with E-state index in [2.05, 4.69) is 20.6 Å². The molecule has 2 heterocycles. The van der Waals surface area contributed by atoms with Crippen molar-refractivity contribution in [3.8, 4) is 0 Å². The van der Waals surface area contributed by atoms with Crippen LogP contribution >= 0.6 is 11.3 Å². The maximum Gasteiger partial charge on any atom is 0.244 e. The van der Waals surface area contributed by atoms with Crippen LogP contribution in [0.1, 0.15) is 30.3 Å². The van der Waals surface area contributed by atoms with Crippen LogP contribution in [0.5, 0.6) is 0 Å². The predicted octanol–water partition coefficient (Wildman–Crippen LogP) is 1.13. The molecule has 7 heteroatoms. The Balaban J connectivity index is 1.86. The van der Waals surface area contributed by atoms with Gasteiger partial charge in [0.2, 0.25) is 5.91 Å². The zero-order valence-electron chi connectivity index (χ0n) is 12.7. The molecule has 0 unspecified atom stereocenters. The average Bonchev–Trinajstić information content (AvgIpc) is 3.13. The number of nitrogens with one attached hydrogen (secondary N) is 2. The number of amides is 1. The van der Waals surface area contributed by atoms with Gasteiger partial charge >= 0.3 is 0 Å². The lowest BCUT2D eigenvalue weighted by Crippen LogP contribution is -2.38. The highest BCUT2D eigenvalue weighted by Gasteiger charge is 2.17. The van der Waals surface area contributed by atoms with Gasteiger partial charge in [-0.1, -0.05) is 0 Å². The number of carbonyl (C=O) groups excluding carboxylic acids is 1. The molecule has 0 spiro atoms. The second kappa shape index (κ2) is 7.97. The summed E-state index contributed by atoms with van der Waals surface area (Å²) in [6.07, 6.45) is 2.22. The van der Waals surface area contributed by atoms with Crippen molar-refractivity contribution in [1.82, 2.24) is 20.5 Å². The van der Waals surface area contributed by atoms with Crippen LogP contribution in [0.3, 0.4) is 0 Å². The Morgan fingerprint density at radius 3 is 2.81 bits per heavy atom. The standard InChI is InChI=1S/C14H23N5OS/c1-3-15-14(16-8-12-11(2)18-10-21-12)17-9-13(20)19-6-4-5-7-19/h10H,3-9H2,1-2H3,(H2,15,16,17). The molecule has 116 valence electrons. The Bertz CT molecular complexity index is 493. The summed E-state index contributed by atoms with van der Waals surface area (Å²) >= 11 is 1.62. The minimum Gasteiger partial charge on any atom is -0.357 e. The number of aryl methyl sites for hydroxylation is 1. The normalized spacial score (nSPS) is 15.3. The Kier molecular flexibility index (Phi) is 5.98. The number of aromatic nitrogens is 1. The van der Waals surface area contributed by atoms with Gasteiger partial charge in [0.15, 0.2) is 5.96 Å². The lowest BCUT2D eigenvalue weighted by atomic mass is 10.4. The van der Waals surface area contributed by atoms with E-state index in [4.69, 9.17) is 0 Å². The molecule has 1 aromatic heterocycles. The highest BCUT2D eigenvalue weighted by atomic mass is 32.1. The van der Waals surface area contributed by atoms with Crippen LogP contribution in [0.25, 0.3) is 0 Å². The Morgan fingerprint density at radius 2 is 2.19 bits per heavy atom. The maximum atomic E-state index is 12.0. The molecule has 21 heavy (non-hydrogen) atoms. The van der Waals surface area contributed by atoms with Gasteiger partial charge in [0.1, 0.15) is 6.54 Å². The predicted molar refractivity (Wildman–Crippen MR) is 85.5 cm³/mol. The zero-order valence-corrected chi connectivity index (χ0v) is 13.5. The van der Waals surface area contributed by atoms with E-state index in [1.54, 1.807) is 11.3 Å². The first kappa shape index (κ1) is 15.8. The molecule has 0 bridgehead atoms. The molecule has 2 rings (SSSR count). The monoisotopic (exact) mass is 309 g/mol. The van der Waals surface area contributed by atoms with Gasteiger partial charge in [-0.25, -0.2) is 9.98 Å². The molecule has 2 N–H and O–H groups in total. The molecule has 1 aliphatic heterocycles. The molecule has 1 aliphatic rings. The molecular weight excluding hydrogens is 286 g/mol. The molecule has 0 aliphatic carbocycles. The first-order chi connectivity index (χ1) is 10.2. The molecule has 1 amide bonds. The summed E-state index contributed by atoms with van der Waals surface area (Å²) in [5.74, 6) is 0.788. The van der Waals surface area contributed by atoms with Crippen molar-refractivity contribution in [2.75, 3.05) is 26.2 Å². The van der Waals surface area contributed by atoms with Gasteiger partial charge in [-0.05, 0) is 26.7 Å². The van der Waals surface area contributed by atoms with Crippen LogP contribution in [0, 0.1) is 6.92 Å². The van der Waals surface area contributed by atoms with E-state index < -0.39 is 0 Å². The minimum absolute atomic E-state index is 0.110. The zero-order chi connectivity index (χ0) is 15.1. The topological polar surface area (TPSA) is 69.6 Å². The number of likely N-dealkylation sites (tertiary alicyclic amines) is 1. The van der Waals surface area contributed by atoms with Gasteiger partial charge in [-0.2, -0.15) is 0 Å². The second-order valence-electron chi connectivity index (χ2n) is 5.00. The Labute approximate surface area is 129 Å². The van der Waals surface area contributed by atoms with E-state index in [1.807, 2.05) is 24.3 Å². The fourth-order valence-corrected chi connectivity index (χ4v) is 2.93. The van der Waals surface area contributed by atoms with Crippen molar-refractivity contribution in [2.45, 2.75) is 33.2 Å². The Morgan fingerprint density at radius 1 is 1.43 bits per heavy atom. The smallest absolute Gasteiger partial charge is 0.244 e. The SMILES string of the molecule is CCNC(=NCC(=O)N1CCCC1)NCc1scnc1C. The third kappa shape index (κ3) is 4.70. The van der Waals surface area contributed by atoms with Crippen molar-refractivity contribution < 1.29 is 4.79 Å². The summed E-state index contributed by atoms with van der Waals surface area (Å²) in [7, 11) is 0. The number of carbonyl (C=O) groups is 1. The van der Waals surface area contributed by atoms with Crippen LogP contribution in [-0.2, 0) is 11.3 Å². The number of thiazole rings is 1. The van der Waals surface area contributed by atoms with Crippen molar-refractivity contribution in [2.24, 2.45) is 4.99 Å². The van der Waals surface area contributed by atoms with E-state index in [-0.39, 0.29) is 12.5 Å². The molecule has 1 aromatic rings. The molecule has 1 saturated heterocycles. The summed E-state index contributed by atoms with van der Waals surface area (Å²) in [4.78, 5) is 23.7. The van der Waals surface area contributed by atoms with Gasteiger partial charge in [-0.15, -0.1) is 11.3 Å². The maximum absolute atomic E-state index is 12.0. The van der Waals surface area contributed by atoms with Gasteiger partial charge in [0.05, 0.1) is 17.7 Å². The summed E-state index contributed by atoms with van der Waals surface area (Å²) in [5, 5.41) is 6.41. The summed E-state index contributed by atoms with van der Waals surface area (Å²) in [6.45, 7) is 7.41. The molecule has 0 radical (unpaired) electrons. The van der Waals surface area contributed by atoms with Crippen LogP contribution in [-0.4, -0.2) is 47.9 Å². The summed E-state index contributed by atoms with van der Waals surface area (Å²) in [6, 6.07) is 0. The van der Waals surface area contributed by atoms with E-state index >= 15 is 0 Å². The second-order valence-corrected chi connectivity index (χ2v) is 5.94. The van der Waals surface area contributed by atoms with E-state index in [0.717, 1.165) is 38.2 Å². The van der Waals surface area contributed by atoms with Crippen molar-refractivity contribution in [1.29, 1.82) is 0 Å². The highest BCUT2D eigenvalue weighted by Crippen LogP contribution is 2.11. The number of hydrogen-bond acceptors (Lipinski definition) is 4. The lowest BCUT2D eigenvalue weighted by molar-refractivity contribution is -0.128. The third-order valence-corrected chi connectivity index (χ3v) is 4.37. The van der Waals surface area contributed by atoms with Gasteiger partial charge in [0.25, 0.3) is 0 Å². The highest BCUT2D eigenvalue weighted by molar-refractivity contribution is 7.09. The van der Waals surface area contributed by atoms with Crippen LogP contribution in [0.15, 0.2) is 10.5 Å². The van der Waals surface area contributed by atoms with Gasteiger partial charge in [-0.3, -0.25) is 4.79 Å². The average molecular weight is 309 g/mol. The van der Waals surface area contributed by atoms with Gasteiger partial charge < -0.3 is 15.5 Å². The molecule has 0 atom stereocenters. The summed E-state index contributed by atoms with van der Waals surface area (Å²) < 4.78 is 0. The largest absolute Gasteiger partial charge is 0.357 e. The number of guanidine groups is 1. The van der Waals surface area contributed by atoms with Gasteiger partial charge in [0, 0.05) is 24.5 Å². The molecule has 6 nitrogen and oxygen atoms in total. The van der Waals surface area contributed by atoms with E-state index in [9.17, 15) is 4.79 Å². The van der Waals surface area contributed by atoms with Crippen molar-refractivity contribution >= 4 is 23.2 Å². The Hall–Kier alpha value is -1.63. The molecule has 0 saturated carbocycles. The fourth-order valence-electron chi connectivity index (χ4n) is 2.21. The van der Waals surface area contributed by atoms with Crippen molar-refractivity contribution in [3.05, 3.63) is 16.1 Å². The first-order valence-electron chi connectivity index (χ1n) is 7.39. The van der Waals surface area contributed by atoms with Crippen LogP contribution in [0.2, 0.25) is 0 Å². The van der Waals surface area contributed by atoms with Crippen molar-refractivity contribution in [3.63, 3.8) is 0 Å². The number of hydrogen-bond donors (Lipinski definition) is 2. The van der Waals surface area contributed by atoms with E-state index in [1.165, 1.54) is 4.88 Å². The molecule has 1 fully saturated rings. The third-order valence-electron chi connectivity index (χ3n) is 3.44. The summed E-state index contributed by atoms with van der Waals surface area (Å²) in [5.41, 5.74) is 2.88. The first-order valence-corrected chi connectivity index (χ1v) is 8.27. The lowest BCUT2D eigenvalue weighted by Gasteiger charge is -2.15.